The number of nitrogens with zero attached hydrogens (tertiary/aromatic N) is 2. The van der Waals surface area contributed by atoms with E-state index in [1.54, 1.807) is 30.5 Å². The van der Waals surface area contributed by atoms with E-state index in [-0.39, 0.29) is 5.91 Å². The minimum Gasteiger partial charge on any atom is -0.318 e. The van der Waals surface area contributed by atoms with Crippen molar-refractivity contribution < 1.29 is 4.79 Å². The van der Waals surface area contributed by atoms with Gasteiger partial charge in [0.25, 0.3) is 5.91 Å². The zero-order valence-electron chi connectivity index (χ0n) is 15.6. The lowest BCUT2D eigenvalue weighted by Crippen LogP contribution is -2.17. The molecule has 0 saturated carbocycles. The Morgan fingerprint density at radius 2 is 1.71 bits per heavy atom. The molecule has 0 aliphatic heterocycles. The zero-order valence-corrected chi connectivity index (χ0v) is 17.8. The minimum absolute atomic E-state index is 0.323. The molecule has 4 nitrogen and oxygen atoms in total. The second kappa shape index (κ2) is 8.39. The maximum atomic E-state index is 12.2. The van der Waals surface area contributed by atoms with Gasteiger partial charge in [0.1, 0.15) is 0 Å². The highest BCUT2D eigenvalue weighted by Crippen LogP contribution is 2.27. The molecule has 3 rings (SSSR count). The Labute approximate surface area is 178 Å². The van der Waals surface area contributed by atoms with E-state index in [0.29, 0.717) is 20.6 Å². The SMILES string of the molecule is Cc1ccc(C(=O)N/N=C\c2cc(C)n(-c3ccc(Cl)c(Cl)c3)c2C)cc1Cl. The number of amides is 1. The number of carbonyl (C=O) groups excluding carboxylic acids is 1. The van der Waals surface area contributed by atoms with Crippen molar-refractivity contribution in [1.29, 1.82) is 0 Å². The monoisotopic (exact) mass is 433 g/mol. The van der Waals surface area contributed by atoms with Gasteiger partial charge in [-0.05, 0) is 62.7 Å². The number of hydrogen-bond donors (Lipinski definition) is 1. The topological polar surface area (TPSA) is 46.4 Å². The molecule has 144 valence electrons. The second-order valence-electron chi connectivity index (χ2n) is 6.42. The van der Waals surface area contributed by atoms with Crippen LogP contribution in [0.5, 0.6) is 0 Å². The molecular formula is C21H18Cl3N3O. The van der Waals surface area contributed by atoms with Gasteiger partial charge < -0.3 is 4.57 Å². The molecule has 0 spiro atoms. The number of rotatable bonds is 4. The molecule has 3 aromatic rings. The molecule has 7 heteroatoms. The molecule has 0 radical (unpaired) electrons. The summed E-state index contributed by atoms with van der Waals surface area (Å²) in [5.74, 6) is -0.323. The van der Waals surface area contributed by atoms with Crippen LogP contribution in [0.4, 0.5) is 0 Å². The number of hydrazone groups is 1. The average molecular weight is 435 g/mol. The van der Waals surface area contributed by atoms with E-state index in [2.05, 4.69) is 10.5 Å². The third kappa shape index (κ3) is 4.25. The first-order valence-corrected chi connectivity index (χ1v) is 9.65. The molecule has 0 unspecified atom stereocenters. The maximum absolute atomic E-state index is 12.2. The van der Waals surface area contributed by atoms with Gasteiger partial charge in [-0.2, -0.15) is 5.10 Å². The first-order valence-electron chi connectivity index (χ1n) is 8.52. The smallest absolute Gasteiger partial charge is 0.271 e. The Bertz CT molecular complexity index is 1090. The van der Waals surface area contributed by atoms with Crippen molar-refractivity contribution >= 4 is 46.9 Å². The summed E-state index contributed by atoms with van der Waals surface area (Å²) in [6.07, 6.45) is 1.62. The van der Waals surface area contributed by atoms with E-state index < -0.39 is 0 Å². The minimum atomic E-state index is -0.323. The zero-order chi connectivity index (χ0) is 20.4. The van der Waals surface area contributed by atoms with Crippen molar-refractivity contribution in [3.8, 4) is 5.69 Å². The fourth-order valence-corrected chi connectivity index (χ4v) is 3.37. The third-order valence-corrected chi connectivity index (χ3v) is 5.58. The van der Waals surface area contributed by atoms with Gasteiger partial charge in [-0.15, -0.1) is 0 Å². The second-order valence-corrected chi connectivity index (χ2v) is 7.64. The predicted octanol–water partition coefficient (Wildman–Crippen LogP) is 6.13. The molecule has 1 N–H and O–H groups in total. The maximum Gasteiger partial charge on any atom is 0.271 e. The summed E-state index contributed by atoms with van der Waals surface area (Å²) in [6, 6.07) is 12.6. The van der Waals surface area contributed by atoms with Crippen LogP contribution in [-0.4, -0.2) is 16.7 Å². The Hall–Kier alpha value is -2.27. The number of benzene rings is 2. The van der Waals surface area contributed by atoms with Crippen LogP contribution in [-0.2, 0) is 0 Å². The first kappa shape index (κ1) is 20.5. The summed E-state index contributed by atoms with van der Waals surface area (Å²) in [6.45, 7) is 5.84. The van der Waals surface area contributed by atoms with Crippen LogP contribution in [0.3, 0.4) is 0 Å². The van der Waals surface area contributed by atoms with Crippen LogP contribution < -0.4 is 5.43 Å². The fourth-order valence-electron chi connectivity index (χ4n) is 2.90. The Balaban J connectivity index is 1.80. The summed E-state index contributed by atoms with van der Waals surface area (Å²) in [5.41, 5.74) is 7.66. The lowest BCUT2D eigenvalue weighted by Gasteiger charge is -2.10. The highest BCUT2D eigenvalue weighted by molar-refractivity contribution is 6.42. The van der Waals surface area contributed by atoms with E-state index in [0.717, 1.165) is 28.2 Å². The molecule has 1 aromatic heterocycles. The van der Waals surface area contributed by atoms with Gasteiger partial charge in [0, 0.05) is 33.2 Å². The lowest BCUT2D eigenvalue weighted by molar-refractivity contribution is 0.0955. The normalized spacial score (nSPS) is 11.2. The quantitative estimate of drug-likeness (QED) is 0.390. The molecule has 1 heterocycles. The third-order valence-electron chi connectivity index (χ3n) is 4.44. The highest BCUT2D eigenvalue weighted by Gasteiger charge is 2.11. The van der Waals surface area contributed by atoms with Gasteiger partial charge >= 0.3 is 0 Å². The van der Waals surface area contributed by atoms with Gasteiger partial charge in [0.05, 0.1) is 16.3 Å². The number of halogens is 3. The number of aromatic nitrogens is 1. The molecule has 0 aliphatic rings. The van der Waals surface area contributed by atoms with E-state index >= 15 is 0 Å². The molecule has 0 atom stereocenters. The van der Waals surface area contributed by atoms with Crippen LogP contribution in [0, 0.1) is 20.8 Å². The summed E-state index contributed by atoms with van der Waals surface area (Å²) in [5, 5.41) is 5.63. The van der Waals surface area contributed by atoms with Gasteiger partial charge in [-0.3, -0.25) is 4.79 Å². The van der Waals surface area contributed by atoms with E-state index in [1.807, 2.05) is 43.5 Å². The van der Waals surface area contributed by atoms with Crippen LogP contribution in [0.15, 0.2) is 47.6 Å². The van der Waals surface area contributed by atoms with E-state index in [9.17, 15) is 4.79 Å². The molecule has 2 aromatic carbocycles. The summed E-state index contributed by atoms with van der Waals surface area (Å²) in [7, 11) is 0. The Morgan fingerprint density at radius 1 is 0.964 bits per heavy atom. The van der Waals surface area contributed by atoms with Crippen LogP contribution in [0.1, 0.15) is 32.9 Å². The number of hydrogen-bond acceptors (Lipinski definition) is 2. The number of nitrogens with one attached hydrogen (secondary N) is 1. The summed E-state index contributed by atoms with van der Waals surface area (Å²) < 4.78 is 2.05. The van der Waals surface area contributed by atoms with Crippen molar-refractivity contribution in [3.05, 3.63) is 85.6 Å². The van der Waals surface area contributed by atoms with Gasteiger partial charge in [0.15, 0.2) is 0 Å². The van der Waals surface area contributed by atoms with Crippen molar-refractivity contribution in [2.24, 2.45) is 5.10 Å². The summed E-state index contributed by atoms with van der Waals surface area (Å²) >= 11 is 18.2. The largest absolute Gasteiger partial charge is 0.318 e. The molecule has 0 aliphatic carbocycles. The average Bonchev–Trinajstić information content (AvgIpc) is 2.93. The van der Waals surface area contributed by atoms with Crippen molar-refractivity contribution in [1.82, 2.24) is 9.99 Å². The fraction of sp³-hybridized carbons (Fsp3) is 0.143. The van der Waals surface area contributed by atoms with Crippen LogP contribution in [0.25, 0.3) is 5.69 Å². The molecule has 0 bridgehead atoms. The van der Waals surface area contributed by atoms with Crippen molar-refractivity contribution in [2.75, 3.05) is 0 Å². The molecule has 1 amide bonds. The van der Waals surface area contributed by atoms with Crippen LogP contribution in [0.2, 0.25) is 15.1 Å². The van der Waals surface area contributed by atoms with Gasteiger partial charge in [-0.1, -0.05) is 40.9 Å². The van der Waals surface area contributed by atoms with Crippen LogP contribution >= 0.6 is 34.8 Å². The van der Waals surface area contributed by atoms with Crippen molar-refractivity contribution in [2.45, 2.75) is 20.8 Å². The van der Waals surface area contributed by atoms with E-state index in [1.165, 1.54) is 0 Å². The van der Waals surface area contributed by atoms with Gasteiger partial charge in [0.2, 0.25) is 0 Å². The Kier molecular flexibility index (Phi) is 6.14. The molecule has 0 fully saturated rings. The highest BCUT2D eigenvalue weighted by atomic mass is 35.5. The molecule has 0 saturated heterocycles. The van der Waals surface area contributed by atoms with Gasteiger partial charge in [-0.25, -0.2) is 5.43 Å². The lowest BCUT2D eigenvalue weighted by atomic mass is 10.1. The molecule has 28 heavy (non-hydrogen) atoms. The number of aryl methyl sites for hydroxylation is 2. The summed E-state index contributed by atoms with van der Waals surface area (Å²) in [4.78, 5) is 12.2. The molecular weight excluding hydrogens is 417 g/mol. The first-order chi connectivity index (χ1) is 13.3. The van der Waals surface area contributed by atoms with E-state index in [4.69, 9.17) is 34.8 Å². The standard InChI is InChI=1S/C21H18Cl3N3O/c1-12-4-5-15(9-19(12)23)21(28)26-25-11-16-8-13(2)27(14(16)3)17-6-7-18(22)20(24)10-17/h4-11H,1-3H3,(H,26,28)/b25-11-. The predicted molar refractivity (Wildman–Crippen MR) is 117 cm³/mol. The number of carbonyl (C=O) groups is 1. The van der Waals surface area contributed by atoms with Crippen molar-refractivity contribution in [3.63, 3.8) is 0 Å². The Morgan fingerprint density at radius 3 is 2.39 bits per heavy atom.